The summed E-state index contributed by atoms with van der Waals surface area (Å²) in [4.78, 5) is 26.3. The van der Waals surface area contributed by atoms with Crippen molar-refractivity contribution in [2.75, 3.05) is 6.54 Å². The molecule has 0 heterocycles. The van der Waals surface area contributed by atoms with Crippen LogP contribution in [0.15, 0.2) is 103 Å². The first-order chi connectivity index (χ1) is 17.0. The molecule has 1 amide bonds. The minimum atomic E-state index is -0.940. The molecule has 35 heavy (non-hydrogen) atoms. The second-order valence-corrected chi connectivity index (χ2v) is 8.84. The number of carbonyl (C=O) groups excluding carboxylic acids is 1. The van der Waals surface area contributed by atoms with Gasteiger partial charge in [-0.1, -0.05) is 78.3 Å². The van der Waals surface area contributed by atoms with Crippen molar-refractivity contribution in [3.8, 4) is 11.1 Å². The van der Waals surface area contributed by atoms with Crippen molar-refractivity contribution in [2.45, 2.75) is 19.4 Å². The lowest BCUT2D eigenvalue weighted by Crippen LogP contribution is -2.31. The van der Waals surface area contributed by atoms with Gasteiger partial charge in [0.1, 0.15) is 0 Å². The number of hydrogen-bond acceptors (Lipinski definition) is 2. The Bertz CT molecular complexity index is 1270. The van der Waals surface area contributed by atoms with Crippen LogP contribution < -0.4 is 0 Å². The zero-order chi connectivity index (χ0) is 24.6. The number of hydrogen-bond donors (Lipinski definition) is 1. The molecule has 0 bridgehead atoms. The zero-order valence-corrected chi connectivity index (χ0v) is 20.0. The molecule has 0 radical (unpaired) electrons. The standard InChI is InChI=1S/C30H26ClNO3/c31-28-18-16-26(17-19-28)29(33)32(20-4-7-22-5-2-1-3-6-22)21-23-8-10-24(11-9-23)25-12-14-27(15-13-25)30(34)35/h1-3,5-6,8-19H,4,7,20-21H2,(H,34,35). The zero-order valence-electron chi connectivity index (χ0n) is 19.2. The van der Waals surface area contributed by atoms with Crippen LogP contribution in [0.4, 0.5) is 0 Å². The molecule has 176 valence electrons. The van der Waals surface area contributed by atoms with Gasteiger partial charge in [-0.05, 0) is 71.5 Å². The smallest absolute Gasteiger partial charge is 0.335 e. The second-order valence-electron chi connectivity index (χ2n) is 8.40. The van der Waals surface area contributed by atoms with Gasteiger partial charge >= 0.3 is 5.97 Å². The average Bonchev–Trinajstić information content (AvgIpc) is 2.89. The predicted octanol–water partition coefficient (Wildman–Crippen LogP) is 6.98. The van der Waals surface area contributed by atoms with E-state index in [1.807, 2.05) is 47.4 Å². The lowest BCUT2D eigenvalue weighted by Gasteiger charge is -2.23. The fraction of sp³-hybridized carbons (Fsp3) is 0.133. The van der Waals surface area contributed by atoms with Crippen LogP contribution in [0.1, 0.15) is 38.3 Å². The first-order valence-corrected chi connectivity index (χ1v) is 11.9. The van der Waals surface area contributed by atoms with Crippen LogP contribution in [0.2, 0.25) is 5.02 Å². The van der Waals surface area contributed by atoms with Gasteiger partial charge in [0, 0.05) is 23.7 Å². The lowest BCUT2D eigenvalue weighted by atomic mass is 10.0. The Labute approximate surface area is 210 Å². The van der Waals surface area contributed by atoms with E-state index in [-0.39, 0.29) is 11.5 Å². The van der Waals surface area contributed by atoms with E-state index in [9.17, 15) is 9.59 Å². The summed E-state index contributed by atoms with van der Waals surface area (Å²) in [5.41, 5.74) is 5.09. The molecule has 4 nitrogen and oxygen atoms in total. The Kier molecular flexibility index (Phi) is 7.96. The van der Waals surface area contributed by atoms with Gasteiger partial charge in [0.15, 0.2) is 0 Å². The molecule has 4 rings (SSSR count). The summed E-state index contributed by atoms with van der Waals surface area (Å²) in [5.74, 6) is -0.965. The number of benzene rings is 4. The average molecular weight is 484 g/mol. The molecule has 0 unspecified atom stereocenters. The third kappa shape index (κ3) is 6.58. The normalized spacial score (nSPS) is 10.7. The Morgan fingerprint density at radius 3 is 1.86 bits per heavy atom. The quantitative estimate of drug-likeness (QED) is 0.279. The molecule has 5 heteroatoms. The molecule has 0 aromatic heterocycles. The lowest BCUT2D eigenvalue weighted by molar-refractivity contribution is 0.0695. The summed E-state index contributed by atoms with van der Waals surface area (Å²) >= 11 is 6.01. The monoisotopic (exact) mass is 483 g/mol. The highest BCUT2D eigenvalue weighted by Gasteiger charge is 2.16. The third-order valence-corrected chi connectivity index (χ3v) is 6.16. The number of carboxylic acid groups (broad SMARTS) is 1. The summed E-state index contributed by atoms with van der Waals surface area (Å²) in [6.45, 7) is 1.13. The number of aryl methyl sites for hydroxylation is 1. The van der Waals surface area contributed by atoms with Crippen LogP contribution in [0.5, 0.6) is 0 Å². The maximum absolute atomic E-state index is 13.3. The topological polar surface area (TPSA) is 57.6 Å². The fourth-order valence-electron chi connectivity index (χ4n) is 3.97. The molecule has 0 spiro atoms. The second kappa shape index (κ2) is 11.5. The van der Waals surface area contributed by atoms with Gasteiger partial charge in [-0.3, -0.25) is 4.79 Å². The van der Waals surface area contributed by atoms with Crippen LogP contribution in [-0.4, -0.2) is 28.4 Å². The van der Waals surface area contributed by atoms with Crippen molar-refractivity contribution in [3.63, 3.8) is 0 Å². The van der Waals surface area contributed by atoms with E-state index in [4.69, 9.17) is 16.7 Å². The van der Waals surface area contributed by atoms with Crippen LogP contribution in [0, 0.1) is 0 Å². The largest absolute Gasteiger partial charge is 0.478 e. The Morgan fingerprint density at radius 2 is 1.26 bits per heavy atom. The molecule has 0 aliphatic heterocycles. The van der Waals surface area contributed by atoms with Gasteiger partial charge in [-0.2, -0.15) is 0 Å². The molecule has 0 saturated carbocycles. The van der Waals surface area contributed by atoms with Gasteiger partial charge < -0.3 is 10.0 Å². The number of carboxylic acids is 1. The number of halogens is 1. The number of nitrogens with zero attached hydrogens (tertiary/aromatic N) is 1. The first kappa shape index (κ1) is 24.2. The number of aromatic carboxylic acids is 1. The van der Waals surface area contributed by atoms with E-state index in [1.165, 1.54) is 5.56 Å². The van der Waals surface area contributed by atoms with Crippen LogP contribution >= 0.6 is 11.6 Å². The minimum Gasteiger partial charge on any atom is -0.478 e. The molecular formula is C30H26ClNO3. The molecular weight excluding hydrogens is 458 g/mol. The van der Waals surface area contributed by atoms with E-state index >= 15 is 0 Å². The molecule has 0 fully saturated rings. The number of carbonyl (C=O) groups is 2. The SMILES string of the molecule is O=C(O)c1ccc(-c2ccc(CN(CCCc3ccccc3)C(=O)c3ccc(Cl)cc3)cc2)cc1. The molecule has 1 N–H and O–H groups in total. The van der Waals surface area contributed by atoms with E-state index in [1.54, 1.807) is 48.5 Å². The molecule has 0 aliphatic rings. The minimum absolute atomic E-state index is 0.0249. The van der Waals surface area contributed by atoms with E-state index in [0.717, 1.165) is 29.5 Å². The van der Waals surface area contributed by atoms with Gasteiger partial charge in [0.05, 0.1) is 5.56 Å². The van der Waals surface area contributed by atoms with E-state index < -0.39 is 5.97 Å². The maximum atomic E-state index is 13.3. The van der Waals surface area contributed by atoms with E-state index in [2.05, 4.69) is 12.1 Å². The first-order valence-electron chi connectivity index (χ1n) is 11.5. The molecule has 0 aliphatic carbocycles. The molecule has 4 aromatic rings. The van der Waals surface area contributed by atoms with Crippen LogP contribution in [0.3, 0.4) is 0 Å². The van der Waals surface area contributed by atoms with Crippen LogP contribution in [-0.2, 0) is 13.0 Å². The number of rotatable bonds is 9. The van der Waals surface area contributed by atoms with Gasteiger partial charge in [-0.25, -0.2) is 4.79 Å². The Hall–Kier alpha value is -3.89. The van der Waals surface area contributed by atoms with Gasteiger partial charge in [0.2, 0.25) is 0 Å². The third-order valence-electron chi connectivity index (χ3n) is 5.91. The van der Waals surface area contributed by atoms with Gasteiger partial charge in [-0.15, -0.1) is 0 Å². The predicted molar refractivity (Wildman–Crippen MR) is 140 cm³/mol. The van der Waals surface area contributed by atoms with E-state index in [0.29, 0.717) is 23.7 Å². The van der Waals surface area contributed by atoms with Crippen molar-refractivity contribution in [1.82, 2.24) is 4.90 Å². The highest BCUT2D eigenvalue weighted by atomic mass is 35.5. The van der Waals surface area contributed by atoms with Crippen molar-refractivity contribution < 1.29 is 14.7 Å². The van der Waals surface area contributed by atoms with Crippen molar-refractivity contribution in [3.05, 3.63) is 130 Å². The molecule has 0 atom stereocenters. The summed E-state index contributed by atoms with van der Waals surface area (Å²) in [6.07, 6.45) is 1.76. The summed E-state index contributed by atoms with van der Waals surface area (Å²) in [7, 11) is 0. The number of amides is 1. The fourth-order valence-corrected chi connectivity index (χ4v) is 4.10. The summed E-state index contributed by atoms with van der Waals surface area (Å²) < 4.78 is 0. The van der Waals surface area contributed by atoms with Crippen LogP contribution in [0.25, 0.3) is 11.1 Å². The van der Waals surface area contributed by atoms with Crippen molar-refractivity contribution in [2.24, 2.45) is 0 Å². The van der Waals surface area contributed by atoms with Crippen molar-refractivity contribution in [1.29, 1.82) is 0 Å². The van der Waals surface area contributed by atoms with Gasteiger partial charge in [0.25, 0.3) is 5.91 Å². The molecule has 4 aromatic carbocycles. The van der Waals surface area contributed by atoms with Crippen molar-refractivity contribution >= 4 is 23.5 Å². The summed E-state index contributed by atoms with van der Waals surface area (Å²) in [6, 6.07) is 32.1. The molecule has 0 saturated heterocycles. The Balaban J connectivity index is 1.48. The highest BCUT2D eigenvalue weighted by molar-refractivity contribution is 6.30. The highest BCUT2D eigenvalue weighted by Crippen LogP contribution is 2.22. The summed E-state index contributed by atoms with van der Waals surface area (Å²) in [5, 5.41) is 9.70. The Morgan fingerprint density at radius 1 is 0.686 bits per heavy atom. The maximum Gasteiger partial charge on any atom is 0.335 e.